The van der Waals surface area contributed by atoms with Crippen molar-refractivity contribution < 1.29 is 14.0 Å². The van der Waals surface area contributed by atoms with Crippen molar-refractivity contribution in [3.05, 3.63) is 18.0 Å². The van der Waals surface area contributed by atoms with E-state index in [1.807, 2.05) is 12.1 Å². The molecule has 2 aromatic rings. The molecule has 0 radical (unpaired) electrons. The predicted octanol–water partition coefficient (Wildman–Crippen LogP) is 1.65. The summed E-state index contributed by atoms with van der Waals surface area (Å²) in [4.78, 5) is 5.24. The number of aromatic nitrogens is 2. The van der Waals surface area contributed by atoms with E-state index in [0.29, 0.717) is 23.4 Å². The lowest BCUT2D eigenvalue weighted by Gasteiger charge is -2.07. The Morgan fingerprint density at radius 2 is 2.39 bits per heavy atom. The van der Waals surface area contributed by atoms with Gasteiger partial charge in [-0.05, 0) is 12.1 Å². The highest BCUT2D eigenvalue weighted by Crippen LogP contribution is 2.43. The second-order valence-corrected chi connectivity index (χ2v) is 4.59. The van der Waals surface area contributed by atoms with Crippen LogP contribution in [-0.2, 0) is 6.54 Å². The largest absolute Gasteiger partial charge is 0.496 e. The molecule has 2 N–H and O–H groups in total. The van der Waals surface area contributed by atoms with E-state index < -0.39 is 0 Å². The second kappa shape index (κ2) is 4.51. The van der Waals surface area contributed by atoms with E-state index in [-0.39, 0.29) is 6.54 Å². The van der Waals surface area contributed by atoms with Gasteiger partial charge in [0.05, 0.1) is 24.1 Å². The summed E-state index contributed by atoms with van der Waals surface area (Å²) in [6, 6.07) is 3.78. The number of methoxy groups -OCH3 is 1. The third kappa shape index (κ3) is 1.81. The van der Waals surface area contributed by atoms with Gasteiger partial charge in [0.1, 0.15) is 17.4 Å². The van der Waals surface area contributed by atoms with Crippen molar-refractivity contribution in [3.63, 3.8) is 0 Å². The standard InChI is InChI=1S/C11H11N3O3S/c1-15-7-3-9-8(16-5-18-9)2-6(7)11-13-10(4-12)17-14-11/h2-3H,4-5,12H2,1H3. The van der Waals surface area contributed by atoms with Gasteiger partial charge in [0.25, 0.3) is 0 Å². The van der Waals surface area contributed by atoms with Crippen LogP contribution in [0.4, 0.5) is 0 Å². The molecule has 2 heterocycles. The number of thioether (sulfide) groups is 1. The van der Waals surface area contributed by atoms with E-state index in [4.69, 9.17) is 19.7 Å². The first kappa shape index (κ1) is 11.4. The van der Waals surface area contributed by atoms with E-state index >= 15 is 0 Å². The molecule has 94 valence electrons. The predicted molar refractivity (Wildman–Crippen MR) is 65.5 cm³/mol. The molecule has 6 nitrogen and oxygen atoms in total. The fourth-order valence-corrected chi connectivity index (χ4v) is 2.48. The monoisotopic (exact) mass is 265 g/mol. The highest BCUT2D eigenvalue weighted by molar-refractivity contribution is 7.99. The Kier molecular flexibility index (Phi) is 2.85. The first-order chi connectivity index (χ1) is 8.81. The molecule has 0 fully saturated rings. The molecule has 7 heteroatoms. The van der Waals surface area contributed by atoms with Gasteiger partial charge >= 0.3 is 0 Å². The molecule has 0 unspecified atom stereocenters. The lowest BCUT2D eigenvalue weighted by atomic mass is 10.2. The van der Waals surface area contributed by atoms with Crippen LogP contribution in [0.1, 0.15) is 5.89 Å². The van der Waals surface area contributed by atoms with Gasteiger partial charge in [0.2, 0.25) is 11.7 Å². The van der Waals surface area contributed by atoms with Crippen LogP contribution in [0.25, 0.3) is 11.4 Å². The topological polar surface area (TPSA) is 83.4 Å². The summed E-state index contributed by atoms with van der Waals surface area (Å²) < 4.78 is 15.8. The van der Waals surface area contributed by atoms with Crippen LogP contribution in [0, 0.1) is 0 Å². The van der Waals surface area contributed by atoms with Crippen molar-refractivity contribution in [2.45, 2.75) is 11.4 Å². The molecular formula is C11H11N3O3S. The van der Waals surface area contributed by atoms with Gasteiger partial charge in [-0.2, -0.15) is 4.98 Å². The average molecular weight is 265 g/mol. The fourth-order valence-electron chi connectivity index (χ4n) is 1.71. The maximum absolute atomic E-state index is 5.49. The average Bonchev–Trinajstić information content (AvgIpc) is 3.05. The number of rotatable bonds is 3. The van der Waals surface area contributed by atoms with Crippen molar-refractivity contribution in [2.75, 3.05) is 13.0 Å². The molecule has 3 rings (SSSR count). The van der Waals surface area contributed by atoms with Crippen LogP contribution in [0.15, 0.2) is 21.6 Å². The third-order valence-corrected chi connectivity index (χ3v) is 3.44. The zero-order chi connectivity index (χ0) is 12.5. The zero-order valence-corrected chi connectivity index (χ0v) is 10.5. The lowest BCUT2D eigenvalue weighted by molar-refractivity contribution is 0.379. The maximum Gasteiger partial charge on any atom is 0.240 e. The van der Waals surface area contributed by atoms with Gasteiger partial charge in [-0.3, -0.25) is 0 Å². The molecule has 0 saturated heterocycles. The summed E-state index contributed by atoms with van der Waals surface area (Å²) in [6.07, 6.45) is 0. The molecule has 1 aliphatic heterocycles. The van der Waals surface area contributed by atoms with E-state index in [1.165, 1.54) is 0 Å². The molecule has 1 aliphatic rings. The Morgan fingerprint density at radius 1 is 1.50 bits per heavy atom. The van der Waals surface area contributed by atoms with E-state index in [2.05, 4.69) is 10.1 Å². The molecule has 0 amide bonds. The van der Waals surface area contributed by atoms with Crippen LogP contribution < -0.4 is 15.2 Å². The number of ether oxygens (including phenoxy) is 2. The smallest absolute Gasteiger partial charge is 0.240 e. The molecule has 0 spiro atoms. The molecule has 18 heavy (non-hydrogen) atoms. The van der Waals surface area contributed by atoms with Gasteiger partial charge in [0.15, 0.2) is 0 Å². The number of benzene rings is 1. The summed E-state index contributed by atoms with van der Waals surface area (Å²) in [5.41, 5.74) is 6.18. The summed E-state index contributed by atoms with van der Waals surface area (Å²) in [5.74, 6) is 2.96. The molecular weight excluding hydrogens is 254 g/mol. The molecule has 0 bridgehead atoms. The minimum atomic E-state index is 0.215. The first-order valence-corrected chi connectivity index (χ1v) is 6.31. The van der Waals surface area contributed by atoms with E-state index in [0.717, 1.165) is 16.2 Å². The Hall–Kier alpha value is -1.73. The summed E-state index contributed by atoms with van der Waals surface area (Å²) >= 11 is 1.62. The first-order valence-electron chi connectivity index (χ1n) is 5.32. The minimum absolute atomic E-state index is 0.215. The number of fused-ring (bicyclic) bond motifs is 1. The molecule has 0 atom stereocenters. The quantitative estimate of drug-likeness (QED) is 0.903. The second-order valence-electron chi connectivity index (χ2n) is 3.62. The normalized spacial score (nSPS) is 13.2. The van der Waals surface area contributed by atoms with E-state index in [1.54, 1.807) is 18.9 Å². The summed E-state index contributed by atoms with van der Waals surface area (Å²) in [7, 11) is 1.61. The molecule has 1 aromatic heterocycles. The molecule has 0 saturated carbocycles. The van der Waals surface area contributed by atoms with Gasteiger partial charge in [-0.15, -0.1) is 0 Å². The van der Waals surface area contributed by atoms with Gasteiger partial charge in [-0.1, -0.05) is 16.9 Å². The van der Waals surface area contributed by atoms with Crippen molar-refractivity contribution in [2.24, 2.45) is 5.73 Å². The van der Waals surface area contributed by atoms with Crippen LogP contribution in [0.3, 0.4) is 0 Å². The Morgan fingerprint density at radius 3 is 3.11 bits per heavy atom. The Labute approximate surface area is 107 Å². The minimum Gasteiger partial charge on any atom is -0.496 e. The van der Waals surface area contributed by atoms with Crippen LogP contribution >= 0.6 is 11.8 Å². The van der Waals surface area contributed by atoms with Crippen molar-refractivity contribution >= 4 is 11.8 Å². The lowest BCUT2D eigenvalue weighted by Crippen LogP contribution is -1.96. The third-order valence-electron chi connectivity index (χ3n) is 2.58. The van der Waals surface area contributed by atoms with Crippen LogP contribution in [0.2, 0.25) is 0 Å². The van der Waals surface area contributed by atoms with Crippen LogP contribution in [0.5, 0.6) is 11.5 Å². The van der Waals surface area contributed by atoms with Gasteiger partial charge < -0.3 is 19.7 Å². The fraction of sp³-hybridized carbons (Fsp3) is 0.273. The maximum atomic E-state index is 5.49. The molecule has 0 aliphatic carbocycles. The highest BCUT2D eigenvalue weighted by atomic mass is 32.2. The number of hydrogen-bond acceptors (Lipinski definition) is 7. The van der Waals surface area contributed by atoms with Gasteiger partial charge in [-0.25, -0.2) is 0 Å². The van der Waals surface area contributed by atoms with Gasteiger partial charge in [0, 0.05) is 0 Å². The zero-order valence-electron chi connectivity index (χ0n) is 9.67. The number of nitrogens with zero attached hydrogens (tertiary/aromatic N) is 2. The summed E-state index contributed by atoms with van der Waals surface area (Å²) in [6.45, 7) is 0.215. The van der Waals surface area contributed by atoms with Crippen molar-refractivity contribution in [1.29, 1.82) is 0 Å². The number of hydrogen-bond donors (Lipinski definition) is 1. The Balaban J connectivity index is 2.10. The SMILES string of the molecule is COc1cc2c(cc1-c1noc(CN)n1)OCS2. The summed E-state index contributed by atoms with van der Waals surface area (Å²) in [5, 5.41) is 3.88. The highest BCUT2D eigenvalue weighted by Gasteiger charge is 2.20. The van der Waals surface area contributed by atoms with Crippen LogP contribution in [-0.4, -0.2) is 23.2 Å². The van der Waals surface area contributed by atoms with Crippen molar-refractivity contribution in [3.8, 4) is 22.9 Å². The number of nitrogens with two attached hydrogens (primary N) is 1. The van der Waals surface area contributed by atoms with E-state index in [9.17, 15) is 0 Å². The van der Waals surface area contributed by atoms with Crippen molar-refractivity contribution in [1.82, 2.24) is 10.1 Å². The molecule has 1 aromatic carbocycles. The Bertz CT molecular complexity index is 585.